The van der Waals surface area contributed by atoms with Gasteiger partial charge in [0, 0.05) is 5.56 Å². The number of aryl methyl sites for hydroxylation is 2. The van der Waals surface area contributed by atoms with Crippen molar-refractivity contribution in [3.05, 3.63) is 40.8 Å². The Morgan fingerprint density at radius 1 is 1.22 bits per heavy atom. The summed E-state index contributed by atoms with van der Waals surface area (Å²) in [5.41, 5.74) is 7.74. The van der Waals surface area contributed by atoms with Crippen LogP contribution in [-0.2, 0) is 0 Å². The first-order chi connectivity index (χ1) is 8.51. The Kier molecular flexibility index (Phi) is 2.94. The van der Waals surface area contributed by atoms with Gasteiger partial charge in [-0.1, -0.05) is 0 Å². The SMILES string of the molecule is Cc1cc(F)cc(-c2nc(C)c(C#N)c(N)n2)c1. The van der Waals surface area contributed by atoms with Crippen LogP contribution in [0.4, 0.5) is 10.2 Å². The van der Waals surface area contributed by atoms with Crippen molar-refractivity contribution in [1.82, 2.24) is 9.97 Å². The molecule has 90 valence electrons. The normalized spacial score (nSPS) is 10.1. The van der Waals surface area contributed by atoms with E-state index in [0.29, 0.717) is 17.1 Å². The second-order valence-corrected chi connectivity index (χ2v) is 4.02. The summed E-state index contributed by atoms with van der Waals surface area (Å²) >= 11 is 0. The van der Waals surface area contributed by atoms with Gasteiger partial charge in [-0.05, 0) is 37.6 Å². The molecule has 1 aromatic carbocycles. The topological polar surface area (TPSA) is 75.6 Å². The first-order valence-electron chi connectivity index (χ1n) is 5.33. The van der Waals surface area contributed by atoms with E-state index in [1.807, 2.05) is 6.07 Å². The van der Waals surface area contributed by atoms with Gasteiger partial charge in [-0.3, -0.25) is 0 Å². The molecule has 2 rings (SSSR count). The van der Waals surface area contributed by atoms with Crippen molar-refractivity contribution in [1.29, 1.82) is 5.26 Å². The van der Waals surface area contributed by atoms with Gasteiger partial charge in [0.2, 0.25) is 0 Å². The van der Waals surface area contributed by atoms with Gasteiger partial charge in [0.1, 0.15) is 23.3 Å². The van der Waals surface area contributed by atoms with Gasteiger partial charge in [0.15, 0.2) is 5.82 Å². The zero-order valence-electron chi connectivity index (χ0n) is 10.0. The van der Waals surface area contributed by atoms with Crippen LogP contribution in [0, 0.1) is 31.0 Å². The van der Waals surface area contributed by atoms with E-state index in [-0.39, 0.29) is 17.2 Å². The monoisotopic (exact) mass is 242 g/mol. The summed E-state index contributed by atoms with van der Waals surface area (Å²) in [4.78, 5) is 8.21. The summed E-state index contributed by atoms with van der Waals surface area (Å²) in [6.07, 6.45) is 0. The molecule has 0 fully saturated rings. The van der Waals surface area contributed by atoms with Crippen LogP contribution in [0.25, 0.3) is 11.4 Å². The summed E-state index contributed by atoms with van der Waals surface area (Å²) < 4.78 is 13.3. The third-order valence-electron chi connectivity index (χ3n) is 2.53. The molecule has 0 unspecified atom stereocenters. The van der Waals surface area contributed by atoms with Gasteiger partial charge >= 0.3 is 0 Å². The number of nitriles is 1. The van der Waals surface area contributed by atoms with Gasteiger partial charge in [-0.15, -0.1) is 0 Å². The van der Waals surface area contributed by atoms with Crippen molar-refractivity contribution < 1.29 is 4.39 Å². The number of anilines is 1. The zero-order chi connectivity index (χ0) is 13.3. The number of nitrogens with zero attached hydrogens (tertiary/aromatic N) is 3. The summed E-state index contributed by atoms with van der Waals surface area (Å²) in [5.74, 6) is 0.0858. The molecular formula is C13H11FN4. The molecule has 1 heterocycles. The fourth-order valence-electron chi connectivity index (χ4n) is 1.73. The molecule has 0 aliphatic rings. The lowest BCUT2D eigenvalue weighted by atomic mass is 10.1. The first kappa shape index (κ1) is 12.0. The maximum atomic E-state index is 13.3. The van der Waals surface area contributed by atoms with E-state index in [2.05, 4.69) is 9.97 Å². The van der Waals surface area contributed by atoms with E-state index in [0.717, 1.165) is 5.56 Å². The van der Waals surface area contributed by atoms with Crippen LogP contribution in [0.3, 0.4) is 0 Å². The third kappa shape index (κ3) is 2.13. The lowest BCUT2D eigenvalue weighted by Crippen LogP contribution is -2.03. The fourth-order valence-corrected chi connectivity index (χ4v) is 1.73. The van der Waals surface area contributed by atoms with Gasteiger partial charge in [0.05, 0.1) is 5.69 Å². The Balaban J connectivity index is 2.62. The second kappa shape index (κ2) is 4.41. The minimum absolute atomic E-state index is 0.113. The summed E-state index contributed by atoms with van der Waals surface area (Å²) in [7, 11) is 0. The number of hydrogen-bond donors (Lipinski definition) is 1. The Morgan fingerprint density at radius 2 is 1.94 bits per heavy atom. The first-order valence-corrected chi connectivity index (χ1v) is 5.33. The van der Waals surface area contributed by atoms with Crippen LogP contribution in [0.1, 0.15) is 16.8 Å². The van der Waals surface area contributed by atoms with Gasteiger partial charge < -0.3 is 5.73 Å². The predicted octanol–water partition coefficient (Wildman–Crippen LogP) is 2.35. The second-order valence-electron chi connectivity index (χ2n) is 4.02. The molecule has 0 saturated carbocycles. The van der Waals surface area contributed by atoms with Crippen molar-refractivity contribution in [2.75, 3.05) is 5.73 Å². The molecule has 0 aliphatic carbocycles. The van der Waals surface area contributed by atoms with Crippen LogP contribution < -0.4 is 5.73 Å². The molecule has 0 saturated heterocycles. The highest BCUT2D eigenvalue weighted by Crippen LogP contribution is 2.21. The molecular weight excluding hydrogens is 231 g/mol. The highest BCUT2D eigenvalue weighted by molar-refractivity contribution is 5.61. The number of nitrogens with two attached hydrogens (primary N) is 1. The van der Waals surface area contributed by atoms with Crippen molar-refractivity contribution in [3.8, 4) is 17.5 Å². The van der Waals surface area contributed by atoms with E-state index < -0.39 is 0 Å². The minimum Gasteiger partial charge on any atom is -0.382 e. The van der Waals surface area contributed by atoms with Crippen molar-refractivity contribution in [2.45, 2.75) is 13.8 Å². The van der Waals surface area contributed by atoms with Gasteiger partial charge in [0.25, 0.3) is 0 Å². The summed E-state index contributed by atoms with van der Waals surface area (Å²) in [6.45, 7) is 3.46. The Morgan fingerprint density at radius 3 is 2.50 bits per heavy atom. The van der Waals surface area contributed by atoms with Gasteiger partial charge in [-0.25, -0.2) is 14.4 Å². The zero-order valence-corrected chi connectivity index (χ0v) is 10.0. The van der Waals surface area contributed by atoms with E-state index >= 15 is 0 Å². The largest absolute Gasteiger partial charge is 0.382 e. The highest BCUT2D eigenvalue weighted by atomic mass is 19.1. The number of halogens is 1. The quantitative estimate of drug-likeness (QED) is 0.832. The number of benzene rings is 1. The van der Waals surface area contributed by atoms with Crippen LogP contribution in [0.5, 0.6) is 0 Å². The molecule has 1 aromatic heterocycles. The van der Waals surface area contributed by atoms with E-state index in [1.54, 1.807) is 19.9 Å². The lowest BCUT2D eigenvalue weighted by molar-refractivity contribution is 0.627. The fraction of sp³-hybridized carbons (Fsp3) is 0.154. The van der Waals surface area contributed by atoms with E-state index in [4.69, 9.17) is 11.0 Å². The van der Waals surface area contributed by atoms with Crippen LogP contribution in [0.15, 0.2) is 18.2 Å². The molecule has 0 spiro atoms. The molecule has 5 heteroatoms. The molecule has 2 aromatic rings. The number of hydrogen-bond acceptors (Lipinski definition) is 4. The highest BCUT2D eigenvalue weighted by Gasteiger charge is 2.11. The van der Waals surface area contributed by atoms with Crippen LogP contribution in [-0.4, -0.2) is 9.97 Å². The Bertz CT molecular complexity index is 615. The molecule has 0 aliphatic heterocycles. The van der Waals surface area contributed by atoms with E-state index in [1.165, 1.54) is 12.1 Å². The average Bonchev–Trinajstić information content (AvgIpc) is 2.27. The number of aromatic nitrogens is 2. The molecule has 18 heavy (non-hydrogen) atoms. The standard InChI is InChI=1S/C13H11FN4/c1-7-3-9(5-10(14)4-7)13-17-8(2)11(6-15)12(16)18-13/h3-5H,1-2H3,(H2,16,17,18). The Hall–Kier alpha value is -2.48. The third-order valence-corrected chi connectivity index (χ3v) is 2.53. The molecule has 0 bridgehead atoms. The maximum absolute atomic E-state index is 13.3. The van der Waals surface area contributed by atoms with Gasteiger partial charge in [-0.2, -0.15) is 5.26 Å². The van der Waals surface area contributed by atoms with Crippen molar-refractivity contribution in [2.24, 2.45) is 0 Å². The molecule has 0 atom stereocenters. The summed E-state index contributed by atoms with van der Waals surface area (Å²) in [5, 5.41) is 8.88. The molecule has 0 amide bonds. The smallest absolute Gasteiger partial charge is 0.161 e. The molecule has 0 radical (unpaired) electrons. The lowest BCUT2D eigenvalue weighted by Gasteiger charge is -2.06. The van der Waals surface area contributed by atoms with E-state index in [9.17, 15) is 4.39 Å². The minimum atomic E-state index is -0.353. The molecule has 4 nitrogen and oxygen atoms in total. The average molecular weight is 242 g/mol. The summed E-state index contributed by atoms with van der Waals surface area (Å²) in [6, 6.07) is 6.47. The number of nitrogen functional groups attached to an aromatic ring is 1. The van der Waals surface area contributed by atoms with Crippen molar-refractivity contribution >= 4 is 5.82 Å². The van der Waals surface area contributed by atoms with Crippen LogP contribution in [0.2, 0.25) is 0 Å². The van der Waals surface area contributed by atoms with Crippen LogP contribution >= 0.6 is 0 Å². The molecule has 2 N–H and O–H groups in total. The predicted molar refractivity (Wildman–Crippen MR) is 66.0 cm³/mol. The van der Waals surface area contributed by atoms with Crippen molar-refractivity contribution in [3.63, 3.8) is 0 Å². The Labute approximate surface area is 104 Å². The maximum Gasteiger partial charge on any atom is 0.161 e. The number of rotatable bonds is 1.